The van der Waals surface area contributed by atoms with Crippen LogP contribution < -0.4 is 0 Å². The van der Waals surface area contributed by atoms with Crippen LogP contribution in [0.4, 0.5) is 0 Å². The van der Waals surface area contributed by atoms with Crippen LogP contribution in [0.5, 0.6) is 0 Å². The first-order valence-electron chi connectivity index (χ1n) is 3.66. The number of benzene rings is 1. The van der Waals surface area contributed by atoms with Gasteiger partial charge < -0.3 is 0 Å². The third-order valence-corrected chi connectivity index (χ3v) is 3.60. The topological polar surface area (TPSA) is 12.9 Å². The summed E-state index contributed by atoms with van der Waals surface area (Å²) in [5.74, 6) is 0. The summed E-state index contributed by atoms with van der Waals surface area (Å²) in [7, 11) is 0. The van der Waals surface area contributed by atoms with Gasteiger partial charge >= 0.3 is 0 Å². The third-order valence-electron chi connectivity index (χ3n) is 1.66. The smallest absolute Gasteiger partial charge is 0.154 e. The molecule has 1 aromatic heterocycles. The Bertz CT molecular complexity index is 467. The van der Waals surface area contributed by atoms with Crippen molar-refractivity contribution in [2.45, 2.75) is 0 Å². The van der Waals surface area contributed by atoms with E-state index in [1.54, 1.807) is 12.1 Å². The summed E-state index contributed by atoms with van der Waals surface area (Å²) >= 11 is 18.9. The second kappa shape index (κ2) is 4.07. The maximum Gasteiger partial charge on any atom is 0.154 e. The van der Waals surface area contributed by atoms with Crippen LogP contribution in [-0.4, -0.2) is 4.98 Å². The lowest BCUT2D eigenvalue weighted by Gasteiger charge is -2.00. The van der Waals surface area contributed by atoms with Crippen molar-refractivity contribution in [3.63, 3.8) is 0 Å². The predicted octanol–water partition coefficient (Wildman–Crippen LogP) is 4.57. The number of halogens is 3. The Morgan fingerprint density at radius 1 is 1.14 bits per heavy atom. The number of hydrogen-bond donors (Lipinski definition) is 0. The molecule has 0 saturated carbocycles. The number of rotatable bonds is 1. The molecule has 0 N–H and O–H groups in total. The van der Waals surface area contributed by atoms with Gasteiger partial charge in [-0.2, -0.15) is 0 Å². The third kappa shape index (κ3) is 1.89. The van der Waals surface area contributed by atoms with E-state index in [-0.39, 0.29) is 0 Å². The van der Waals surface area contributed by atoms with Crippen molar-refractivity contribution in [3.8, 4) is 10.4 Å². The van der Waals surface area contributed by atoms with E-state index in [2.05, 4.69) is 10.5 Å². The molecule has 0 spiro atoms. The maximum absolute atomic E-state index is 5.88. The molecule has 5 heteroatoms. The van der Waals surface area contributed by atoms with E-state index >= 15 is 0 Å². The normalized spacial score (nSPS) is 10.5. The first kappa shape index (κ1) is 10.2. The van der Waals surface area contributed by atoms with Crippen molar-refractivity contribution in [1.29, 1.82) is 0 Å². The van der Waals surface area contributed by atoms with Crippen LogP contribution in [-0.2, 0) is 0 Å². The molecule has 0 bridgehead atoms. The molecule has 1 nitrogen and oxygen atoms in total. The Morgan fingerprint density at radius 2 is 1.93 bits per heavy atom. The van der Waals surface area contributed by atoms with Gasteiger partial charge in [-0.15, -0.1) is 11.3 Å². The number of thiazole rings is 1. The van der Waals surface area contributed by atoms with E-state index in [0.29, 0.717) is 15.2 Å². The average Bonchev–Trinajstić information content (AvgIpc) is 2.57. The van der Waals surface area contributed by atoms with E-state index in [9.17, 15) is 0 Å². The zero-order valence-corrected chi connectivity index (χ0v) is 9.81. The highest BCUT2D eigenvalue weighted by molar-refractivity contribution is 7.13. The van der Waals surface area contributed by atoms with Gasteiger partial charge in [-0.05, 0) is 17.7 Å². The van der Waals surface area contributed by atoms with Crippen molar-refractivity contribution in [1.82, 2.24) is 4.98 Å². The summed E-state index contributed by atoms with van der Waals surface area (Å²) in [6, 6.07) is 5.34. The molecule has 0 aliphatic heterocycles. The van der Waals surface area contributed by atoms with Crippen LogP contribution in [0, 0.1) is 5.51 Å². The molecule has 1 heterocycles. The molecule has 1 aromatic carbocycles. The fourth-order valence-electron chi connectivity index (χ4n) is 1.02. The first-order valence-corrected chi connectivity index (χ1v) is 5.61. The molecular weight excluding hydrogens is 261 g/mol. The Kier molecular flexibility index (Phi) is 2.98. The van der Waals surface area contributed by atoms with Crippen LogP contribution >= 0.6 is 46.1 Å². The van der Waals surface area contributed by atoms with Gasteiger partial charge in [0.1, 0.15) is 5.15 Å². The minimum atomic E-state index is 0.438. The minimum absolute atomic E-state index is 0.438. The van der Waals surface area contributed by atoms with Gasteiger partial charge in [0.2, 0.25) is 0 Å². The summed E-state index contributed by atoms with van der Waals surface area (Å²) in [5, 5.41) is 1.47. The summed E-state index contributed by atoms with van der Waals surface area (Å²) in [4.78, 5) is 4.68. The summed E-state index contributed by atoms with van der Waals surface area (Å²) in [5.41, 5.74) is 3.62. The van der Waals surface area contributed by atoms with Crippen LogP contribution in [0.3, 0.4) is 0 Å². The van der Waals surface area contributed by atoms with Gasteiger partial charge in [-0.3, -0.25) is 0 Å². The van der Waals surface area contributed by atoms with Gasteiger partial charge in [0.25, 0.3) is 0 Å². The van der Waals surface area contributed by atoms with Gasteiger partial charge in [0, 0.05) is 0 Å². The Hall–Kier alpha value is -0.280. The Labute approximate surface area is 100 Å². The second-order valence-corrected chi connectivity index (χ2v) is 4.52. The van der Waals surface area contributed by atoms with Gasteiger partial charge in [0.05, 0.1) is 14.9 Å². The predicted molar refractivity (Wildman–Crippen MR) is 61.4 cm³/mol. The summed E-state index contributed by atoms with van der Waals surface area (Å²) < 4.78 is 0. The quantitative estimate of drug-likeness (QED) is 0.734. The van der Waals surface area contributed by atoms with E-state index in [1.807, 2.05) is 6.07 Å². The molecule has 71 valence electrons. The molecule has 0 atom stereocenters. The van der Waals surface area contributed by atoms with Crippen LogP contribution in [0.1, 0.15) is 0 Å². The van der Waals surface area contributed by atoms with Crippen LogP contribution in [0.25, 0.3) is 10.4 Å². The van der Waals surface area contributed by atoms with Gasteiger partial charge in [-0.1, -0.05) is 40.9 Å². The van der Waals surface area contributed by atoms with Gasteiger partial charge in [0.15, 0.2) is 5.51 Å². The molecule has 0 saturated heterocycles. The Morgan fingerprint density at radius 3 is 2.50 bits per heavy atom. The molecule has 14 heavy (non-hydrogen) atoms. The van der Waals surface area contributed by atoms with E-state index in [4.69, 9.17) is 34.8 Å². The fourth-order valence-corrected chi connectivity index (χ4v) is 2.24. The molecule has 0 fully saturated rings. The van der Waals surface area contributed by atoms with Crippen molar-refractivity contribution >= 4 is 46.1 Å². The van der Waals surface area contributed by atoms with Crippen molar-refractivity contribution < 1.29 is 0 Å². The largest absolute Gasteiger partial charge is 0.221 e. The first-order chi connectivity index (χ1) is 6.68. The lowest BCUT2D eigenvalue weighted by molar-refractivity contribution is 1.41. The van der Waals surface area contributed by atoms with Crippen molar-refractivity contribution in [2.24, 2.45) is 0 Å². The number of aromatic nitrogens is 1. The molecule has 0 aliphatic carbocycles. The SMILES string of the molecule is Clc1ccc(-c2s[c]nc2Cl)cc1Cl. The highest BCUT2D eigenvalue weighted by Crippen LogP contribution is 2.34. The second-order valence-electron chi connectivity index (χ2n) is 2.55. The van der Waals surface area contributed by atoms with E-state index in [0.717, 1.165) is 10.4 Å². The number of nitrogens with zero attached hydrogens (tertiary/aromatic N) is 1. The van der Waals surface area contributed by atoms with Gasteiger partial charge in [-0.25, -0.2) is 4.98 Å². The average molecular weight is 264 g/mol. The zero-order chi connectivity index (χ0) is 10.1. The monoisotopic (exact) mass is 262 g/mol. The molecular formula is C9H3Cl3NS. The van der Waals surface area contributed by atoms with Crippen LogP contribution in [0.15, 0.2) is 18.2 Å². The molecule has 1 radical (unpaired) electrons. The Balaban J connectivity index is 2.53. The van der Waals surface area contributed by atoms with E-state index in [1.165, 1.54) is 11.3 Å². The lowest BCUT2D eigenvalue weighted by atomic mass is 10.2. The molecule has 0 unspecified atom stereocenters. The summed E-state index contributed by atoms with van der Waals surface area (Å²) in [6.07, 6.45) is 0. The van der Waals surface area contributed by atoms with E-state index < -0.39 is 0 Å². The number of hydrogen-bond acceptors (Lipinski definition) is 2. The zero-order valence-electron chi connectivity index (χ0n) is 6.72. The minimum Gasteiger partial charge on any atom is -0.221 e. The van der Waals surface area contributed by atoms with Crippen molar-refractivity contribution in [3.05, 3.63) is 38.9 Å². The molecule has 2 aromatic rings. The molecule has 2 rings (SSSR count). The standard InChI is InChI=1S/C9H3Cl3NS/c10-6-2-1-5(3-7(6)11)8-9(12)13-4-14-8/h1-3H. The molecule has 0 amide bonds. The highest BCUT2D eigenvalue weighted by Gasteiger charge is 2.08. The lowest BCUT2D eigenvalue weighted by Crippen LogP contribution is -1.75. The maximum atomic E-state index is 5.88. The van der Waals surface area contributed by atoms with Crippen LogP contribution in [0.2, 0.25) is 15.2 Å². The highest BCUT2D eigenvalue weighted by atomic mass is 35.5. The van der Waals surface area contributed by atoms with Crippen molar-refractivity contribution in [2.75, 3.05) is 0 Å². The molecule has 0 aliphatic rings. The summed E-state index contributed by atoms with van der Waals surface area (Å²) in [6.45, 7) is 0. The fraction of sp³-hybridized carbons (Fsp3) is 0.